The van der Waals surface area contributed by atoms with Gasteiger partial charge in [0, 0.05) is 18.2 Å². The summed E-state index contributed by atoms with van der Waals surface area (Å²) in [5.74, 6) is -1.46. The van der Waals surface area contributed by atoms with E-state index in [1.165, 1.54) is 35.4 Å². The molecule has 2 N–H and O–H groups in total. The number of hydrogen-bond donors (Lipinski definition) is 2. The fourth-order valence-corrected chi connectivity index (χ4v) is 3.19. The Balaban J connectivity index is 2.33. The van der Waals surface area contributed by atoms with Gasteiger partial charge in [-0.1, -0.05) is 24.9 Å². The summed E-state index contributed by atoms with van der Waals surface area (Å²) in [6, 6.07) is 3.19. The van der Waals surface area contributed by atoms with E-state index in [9.17, 15) is 13.9 Å². The molecule has 0 spiro atoms. The molecule has 0 aliphatic heterocycles. The molecular formula is C15H20F2N4OS. The topological polar surface area (TPSA) is 63.0 Å². The molecule has 0 radical (unpaired) electrons. The van der Waals surface area contributed by atoms with Crippen LogP contribution >= 0.6 is 11.9 Å². The van der Waals surface area contributed by atoms with Gasteiger partial charge in [-0.3, -0.25) is 4.72 Å². The maximum absolute atomic E-state index is 14.2. The monoisotopic (exact) mass is 342 g/mol. The van der Waals surface area contributed by atoms with E-state index in [0.717, 1.165) is 25.1 Å². The first-order valence-corrected chi connectivity index (χ1v) is 8.24. The van der Waals surface area contributed by atoms with Crippen molar-refractivity contribution in [2.45, 2.75) is 37.7 Å². The summed E-state index contributed by atoms with van der Waals surface area (Å²) in [7, 11) is 0. The first kappa shape index (κ1) is 17.8. The normalized spacial score (nSPS) is 15.3. The fourth-order valence-electron chi connectivity index (χ4n) is 2.22. The minimum absolute atomic E-state index is 0.0114. The molecule has 5 nitrogen and oxygen atoms in total. The van der Waals surface area contributed by atoms with Gasteiger partial charge in [-0.15, -0.1) is 0 Å². The smallest absolute Gasteiger partial charge is 0.137 e. The molecule has 0 fully saturated rings. The molecule has 0 bridgehead atoms. The lowest BCUT2D eigenvalue weighted by atomic mass is 9.90. The predicted octanol–water partition coefficient (Wildman–Crippen LogP) is 2.48. The summed E-state index contributed by atoms with van der Waals surface area (Å²) in [4.78, 5) is 3.84. The van der Waals surface area contributed by atoms with E-state index in [0.29, 0.717) is 0 Å². The van der Waals surface area contributed by atoms with Gasteiger partial charge in [-0.2, -0.15) is 5.10 Å². The molecule has 0 amide bonds. The number of hydrogen-bond acceptors (Lipinski definition) is 5. The largest absolute Gasteiger partial charge is 0.382 e. The predicted molar refractivity (Wildman–Crippen MR) is 85.6 cm³/mol. The van der Waals surface area contributed by atoms with Crippen LogP contribution in [0.4, 0.5) is 8.78 Å². The first-order valence-electron chi connectivity index (χ1n) is 7.36. The van der Waals surface area contributed by atoms with Crippen molar-refractivity contribution >= 4 is 11.9 Å². The van der Waals surface area contributed by atoms with Crippen LogP contribution in [0.25, 0.3) is 0 Å². The third-order valence-corrected chi connectivity index (χ3v) is 4.67. The van der Waals surface area contributed by atoms with Gasteiger partial charge in [0.1, 0.15) is 29.9 Å². The second kappa shape index (κ2) is 7.85. The molecule has 2 aromatic rings. The number of aromatic nitrogens is 3. The Hall–Kier alpha value is -1.51. The summed E-state index contributed by atoms with van der Waals surface area (Å²) in [6.07, 6.45) is 3.73. The highest BCUT2D eigenvalue weighted by atomic mass is 32.2. The highest BCUT2D eigenvalue weighted by Crippen LogP contribution is 2.35. The van der Waals surface area contributed by atoms with E-state index in [2.05, 4.69) is 14.8 Å². The van der Waals surface area contributed by atoms with Crippen molar-refractivity contribution in [3.8, 4) is 0 Å². The van der Waals surface area contributed by atoms with Gasteiger partial charge in [-0.05, 0) is 19.4 Å². The Morgan fingerprint density at radius 2 is 2.22 bits per heavy atom. The fraction of sp³-hybridized carbons (Fsp3) is 0.467. The molecule has 2 atom stereocenters. The maximum Gasteiger partial charge on any atom is 0.137 e. The number of benzene rings is 1. The van der Waals surface area contributed by atoms with E-state index >= 15 is 0 Å². The van der Waals surface area contributed by atoms with Crippen molar-refractivity contribution < 1.29 is 13.9 Å². The zero-order chi connectivity index (χ0) is 16.9. The van der Waals surface area contributed by atoms with Crippen LogP contribution in [0.1, 0.15) is 25.8 Å². The van der Waals surface area contributed by atoms with E-state index in [1.807, 2.05) is 6.92 Å². The Labute approximate surface area is 138 Å². The molecule has 23 heavy (non-hydrogen) atoms. The maximum atomic E-state index is 14.2. The van der Waals surface area contributed by atoms with Crippen molar-refractivity contribution in [3.05, 3.63) is 48.1 Å². The van der Waals surface area contributed by atoms with Crippen molar-refractivity contribution in [1.29, 1.82) is 0 Å². The molecule has 1 aromatic heterocycles. The minimum Gasteiger partial charge on any atom is -0.382 e. The van der Waals surface area contributed by atoms with Crippen LogP contribution in [0.15, 0.2) is 30.9 Å². The van der Waals surface area contributed by atoms with Crippen LogP contribution in [0, 0.1) is 11.6 Å². The molecule has 0 aliphatic carbocycles. The number of nitrogens with zero attached hydrogens (tertiary/aromatic N) is 3. The van der Waals surface area contributed by atoms with Crippen LogP contribution in [0.2, 0.25) is 0 Å². The van der Waals surface area contributed by atoms with Crippen LogP contribution in [-0.4, -0.2) is 31.7 Å². The number of halogens is 2. The first-order chi connectivity index (χ1) is 11.0. The van der Waals surface area contributed by atoms with E-state index in [1.54, 1.807) is 6.92 Å². The van der Waals surface area contributed by atoms with E-state index in [-0.39, 0.29) is 12.1 Å². The van der Waals surface area contributed by atoms with Crippen LogP contribution in [0.5, 0.6) is 0 Å². The van der Waals surface area contributed by atoms with Gasteiger partial charge in [0.15, 0.2) is 0 Å². The Morgan fingerprint density at radius 1 is 1.43 bits per heavy atom. The summed E-state index contributed by atoms with van der Waals surface area (Å²) in [5, 5.41) is 14.7. The Kier molecular flexibility index (Phi) is 6.09. The lowest BCUT2D eigenvalue weighted by Crippen LogP contribution is -2.42. The van der Waals surface area contributed by atoms with Crippen molar-refractivity contribution in [3.63, 3.8) is 0 Å². The summed E-state index contributed by atoms with van der Waals surface area (Å²) >= 11 is 1.32. The zero-order valence-corrected chi connectivity index (χ0v) is 13.9. The average molecular weight is 342 g/mol. The number of rotatable bonds is 8. The molecule has 8 heteroatoms. The quantitative estimate of drug-likeness (QED) is 0.570. The zero-order valence-electron chi connectivity index (χ0n) is 13.0. The molecule has 1 aromatic carbocycles. The number of nitrogens with one attached hydrogen (secondary N) is 1. The molecule has 2 rings (SSSR count). The SMILES string of the molecule is CCCNS[C@H](C)[C@](O)(Cn1cncn1)c1ccc(F)cc1F. The Morgan fingerprint density at radius 3 is 2.83 bits per heavy atom. The highest BCUT2D eigenvalue weighted by molar-refractivity contribution is 7.98. The average Bonchev–Trinajstić information content (AvgIpc) is 2.99. The molecule has 0 aliphatic rings. The second-order valence-corrected chi connectivity index (χ2v) is 6.53. The van der Waals surface area contributed by atoms with E-state index < -0.39 is 22.5 Å². The summed E-state index contributed by atoms with van der Waals surface area (Å²) < 4.78 is 32.0. The minimum atomic E-state index is -1.57. The van der Waals surface area contributed by atoms with Crippen molar-refractivity contribution in [1.82, 2.24) is 19.5 Å². The van der Waals surface area contributed by atoms with Gasteiger partial charge in [0.05, 0.1) is 11.8 Å². The lowest BCUT2D eigenvalue weighted by Gasteiger charge is -2.34. The molecule has 0 saturated heterocycles. The van der Waals surface area contributed by atoms with E-state index in [4.69, 9.17) is 0 Å². The molecular weight excluding hydrogens is 322 g/mol. The van der Waals surface area contributed by atoms with Crippen molar-refractivity contribution in [2.75, 3.05) is 6.54 Å². The third kappa shape index (κ3) is 4.27. The third-order valence-electron chi connectivity index (χ3n) is 3.55. The molecule has 0 saturated carbocycles. The van der Waals surface area contributed by atoms with Crippen LogP contribution < -0.4 is 4.72 Å². The van der Waals surface area contributed by atoms with Gasteiger partial charge in [-0.25, -0.2) is 18.4 Å². The molecule has 1 heterocycles. The summed E-state index contributed by atoms with van der Waals surface area (Å²) in [5.41, 5.74) is -1.54. The van der Waals surface area contributed by atoms with Gasteiger partial charge in [0.25, 0.3) is 0 Å². The molecule has 126 valence electrons. The van der Waals surface area contributed by atoms with Gasteiger partial charge >= 0.3 is 0 Å². The van der Waals surface area contributed by atoms with Gasteiger partial charge in [0.2, 0.25) is 0 Å². The standard InChI is InChI=1S/C15H20F2N4OS/c1-3-6-20-23-11(2)15(22,8-21-10-18-9-19-21)13-5-4-12(16)7-14(13)17/h4-5,7,9-11,20,22H,3,6,8H2,1-2H3/t11-,15-/m1/s1. The van der Waals surface area contributed by atoms with Crippen LogP contribution in [-0.2, 0) is 12.1 Å². The van der Waals surface area contributed by atoms with Crippen molar-refractivity contribution in [2.24, 2.45) is 0 Å². The summed E-state index contributed by atoms with van der Waals surface area (Å²) in [6.45, 7) is 4.59. The lowest BCUT2D eigenvalue weighted by molar-refractivity contribution is 0.0132. The highest BCUT2D eigenvalue weighted by Gasteiger charge is 2.39. The Bertz CT molecular complexity index is 626. The number of aliphatic hydroxyl groups is 1. The molecule has 0 unspecified atom stereocenters. The van der Waals surface area contributed by atoms with Gasteiger partial charge < -0.3 is 5.11 Å². The van der Waals surface area contributed by atoms with Crippen LogP contribution in [0.3, 0.4) is 0 Å². The second-order valence-electron chi connectivity index (χ2n) is 5.30.